The van der Waals surface area contributed by atoms with E-state index in [0.29, 0.717) is 0 Å². The molecule has 0 amide bonds. The molecule has 6 heteroatoms. The molecule has 1 heterocycles. The Morgan fingerprint density at radius 3 is 2.50 bits per heavy atom. The first kappa shape index (κ1) is 12.6. The van der Waals surface area contributed by atoms with Gasteiger partial charge >= 0.3 is 6.18 Å². The highest BCUT2D eigenvalue weighted by Crippen LogP contribution is 2.36. The Labute approximate surface area is 101 Å². The number of aliphatic hydroxyl groups excluding tert-OH is 1. The zero-order valence-electron chi connectivity index (χ0n) is 9.40. The number of nitrogens with zero attached hydrogens (tertiary/aromatic N) is 1. The second-order valence-corrected chi connectivity index (χ2v) is 3.78. The van der Waals surface area contributed by atoms with Gasteiger partial charge in [-0.2, -0.15) is 13.2 Å². The van der Waals surface area contributed by atoms with Crippen molar-refractivity contribution in [3.8, 4) is 0 Å². The number of aryl methyl sites for hydroxylation is 1. The molecule has 3 nitrogen and oxygen atoms in total. The van der Waals surface area contributed by atoms with Crippen LogP contribution in [0.4, 0.5) is 13.2 Å². The van der Waals surface area contributed by atoms with E-state index in [2.05, 4.69) is 4.98 Å². The highest BCUT2D eigenvalue weighted by atomic mass is 19.4. The highest BCUT2D eigenvalue weighted by molar-refractivity contribution is 5.35. The molecule has 0 saturated carbocycles. The van der Waals surface area contributed by atoms with Crippen molar-refractivity contribution >= 4 is 0 Å². The van der Waals surface area contributed by atoms with Gasteiger partial charge in [0.15, 0.2) is 5.89 Å². The maximum atomic E-state index is 12.8. The average molecular weight is 257 g/mol. The summed E-state index contributed by atoms with van der Waals surface area (Å²) in [6, 6.07) is 4.84. The molecular weight excluding hydrogens is 247 g/mol. The van der Waals surface area contributed by atoms with Crippen LogP contribution >= 0.6 is 0 Å². The number of hydrogen-bond acceptors (Lipinski definition) is 3. The molecule has 18 heavy (non-hydrogen) atoms. The molecule has 96 valence electrons. The molecule has 0 saturated heterocycles. The van der Waals surface area contributed by atoms with E-state index in [1.54, 1.807) is 6.92 Å². The summed E-state index contributed by atoms with van der Waals surface area (Å²) in [5.74, 6) is 0.286. The van der Waals surface area contributed by atoms with E-state index in [1.165, 1.54) is 18.2 Å². The molecule has 0 aliphatic heterocycles. The largest absolute Gasteiger partial charge is 0.449 e. The number of aromatic nitrogens is 1. The van der Waals surface area contributed by atoms with Crippen LogP contribution in [-0.2, 0) is 6.18 Å². The van der Waals surface area contributed by atoms with E-state index in [0.717, 1.165) is 12.3 Å². The van der Waals surface area contributed by atoms with Gasteiger partial charge in [-0.1, -0.05) is 18.2 Å². The van der Waals surface area contributed by atoms with Gasteiger partial charge in [0, 0.05) is 6.92 Å². The zero-order chi connectivity index (χ0) is 13.3. The summed E-state index contributed by atoms with van der Waals surface area (Å²) in [6.07, 6.45) is -4.83. The van der Waals surface area contributed by atoms with Crippen molar-refractivity contribution in [1.82, 2.24) is 4.98 Å². The van der Waals surface area contributed by atoms with Gasteiger partial charge in [0.1, 0.15) is 18.1 Å². The lowest BCUT2D eigenvalue weighted by Gasteiger charge is -2.15. The molecular formula is C12H10F3NO2. The minimum atomic E-state index is -4.52. The number of aliphatic hydroxyl groups is 1. The predicted molar refractivity (Wildman–Crippen MR) is 56.7 cm³/mol. The summed E-state index contributed by atoms with van der Waals surface area (Å²) in [7, 11) is 0. The van der Waals surface area contributed by atoms with Gasteiger partial charge in [-0.05, 0) is 11.6 Å². The third kappa shape index (κ3) is 2.38. The van der Waals surface area contributed by atoms with E-state index in [9.17, 15) is 18.3 Å². The molecule has 2 aromatic rings. The SMILES string of the molecule is Cc1nc(C(O)c2ccccc2C(F)(F)F)co1. The zero-order valence-corrected chi connectivity index (χ0v) is 9.40. The Morgan fingerprint density at radius 2 is 1.94 bits per heavy atom. The van der Waals surface area contributed by atoms with Crippen molar-refractivity contribution < 1.29 is 22.7 Å². The van der Waals surface area contributed by atoms with Crippen LogP contribution in [-0.4, -0.2) is 10.1 Å². The van der Waals surface area contributed by atoms with Crippen LogP contribution < -0.4 is 0 Å². The van der Waals surface area contributed by atoms with Gasteiger partial charge in [0.2, 0.25) is 0 Å². The third-order valence-electron chi connectivity index (χ3n) is 2.48. The van der Waals surface area contributed by atoms with Crippen LogP contribution in [0.5, 0.6) is 0 Å². The number of halogens is 3. The monoisotopic (exact) mass is 257 g/mol. The molecule has 0 aliphatic carbocycles. The van der Waals surface area contributed by atoms with Crippen LogP contribution in [0.3, 0.4) is 0 Å². The lowest BCUT2D eigenvalue weighted by molar-refractivity contribution is -0.139. The highest BCUT2D eigenvalue weighted by Gasteiger charge is 2.35. The van der Waals surface area contributed by atoms with Crippen molar-refractivity contribution in [3.63, 3.8) is 0 Å². The van der Waals surface area contributed by atoms with Gasteiger partial charge in [0.05, 0.1) is 5.56 Å². The average Bonchev–Trinajstić information content (AvgIpc) is 2.74. The number of hydrogen-bond donors (Lipinski definition) is 1. The van der Waals surface area contributed by atoms with Crippen LogP contribution in [0.2, 0.25) is 0 Å². The summed E-state index contributed by atoms with van der Waals surface area (Å²) < 4.78 is 43.2. The minimum absolute atomic E-state index is 0.0594. The Hall–Kier alpha value is -1.82. The van der Waals surface area contributed by atoms with Crippen LogP contribution in [0.25, 0.3) is 0 Å². The Balaban J connectivity index is 2.45. The quantitative estimate of drug-likeness (QED) is 0.899. The number of alkyl halides is 3. The van der Waals surface area contributed by atoms with E-state index in [-0.39, 0.29) is 17.1 Å². The van der Waals surface area contributed by atoms with E-state index < -0.39 is 17.8 Å². The van der Waals surface area contributed by atoms with Gasteiger partial charge in [-0.3, -0.25) is 0 Å². The summed E-state index contributed by atoms with van der Waals surface area (Å²) in [5.41, 5.74) is -1.05. The first-order valence-electron chi connectivity index (χ1n) is 5.16. The van der Waals surface area contributed by atoms with E-state index in [4.69, 9.17) is 4.42 Å². The maximum absolute atomic E-state index is 12.8. The van der Waals surface area contributed by atoms with Crippen molar-refractivity contribution in [2.45, 2.75) is 19.2 Å². The molecule has 0 spiro atoms. The molecule has 0 fully saturated rings. The van der Waals surface area contributed by atoms with Crippen molar-refractivity contribution in [2.24, 2.45) is 0 Å². The molecule has 1 aromatic carbocycles. The number of oxazole rings is 1. The lowest BCUT2D eigenvalue weighted by atomic mass is 10.0. The Bertz CT molecular complexity index is 548. The summed E-state index contributed by atoms with van der Waals surface area (Å²) in [5, 5.41) is 9.93. The molecule has 0 bridgehead atoms. The molecule has 2 rings (SSSR count). The number of benzene rings is 1. The molecule has 1 unspecified atom stereocenters. The molecule has 0 aliphatic rings. The van der Waals surface area contributed by atoms with E-state index in [1.807, 2.05) is 0 Å². The first-order chi connectivity index (χ1) is 8.39. The number of rotatable bonds is 2. The standard InChI is InChI=1S/C12H10F3NO2/c1-7-16-10(6-18-7)11(17)8-4-2-3-5-9(8)12(13,14)15/h2-6,11,17H,1H3. The smallest absolute Gasteiger partial charge is 0.416 e. The van der Waals surface area contributed by atoms with Crippen molar-refractivity contribution in [3.05, 3.63) is 53.2 Å². The van der Waals surface area contributed by atoms with Gasteiger partial charge < -0.3 is 9.52 Å². The fraction of sp³-hybridized carbons (Fsp3) is 0.250. The van der Waals surface area contributed by atoms with Crippen LogP contribution in [0, 0.1) is 6.92 Å². The third-order valence-corrected chi connectivity index (χ3v) is 2.48. The second kappa shape index (κ2) is 4.45. The Kier molecular flexibility index (Phi) is 3.13. The fourth-order valence-electron chi connectivity index (χ4n) is 1.66. The summed E-state index contributed by atoms with van der Waals surface area (Å²) in [4.78, 5) is 3.83. The topological polar surface area (TPSA) is 46.3 Å². The van der Waals surface area contributed by atoms with E-state index >= 15 is 0 Å². The van der Waals surface area contributed by atoms with Crippen molar-refractivity contribution in [1.29, 1.82) is 0 Å². The molecule has 1 aromatic heterocycles. The van der Waals surface area contributed by atoms with Crippen LogP contribution in [0.1, 0.15) is 28.8 Å². The molecule has 1 atom stereocenters. The lowest BCUT2D eigenvalue weighted by Crippen LogP contribution is -2.12. The van der Waals surface area contributed by atoms with Gasteiger partial charge in [-0.15, -0.1) is 0 Å². The fourth-order valence-corrected chi connectivity index (χ4v) is 1.66. The van der Waals surface area contributed by atoms with Crippen LogP contribution in [0.15, 0.2) is 34.9 Å². The minimum Gasteiger partial charge on any atom is -0.449 e. The second-order valence-electron chi connectivity index (χ2n) is 3.78. The first-order valence-corrected chi connectivity index (χ1v) is 5.16. The summed E-state index contributed by atoms with van der Waals surface area (Å²) in [6.45, 7) is 1.55. The summed E-state index contributed by atoms with van der Waals surface area (Å²) >= 11 is 0. The Morgan fingerprint density at radius 1 is 1.28 bits per heavy atom. The normalized spacial score (nSPS) is 13.6. The van der Waals surface area contributed by atoms with Crippen molar-refractivity contribution in [2.75, 3.05) is 0 Å². The molecule has 0 radical (unpaired) electrons. The van der Waals surface area contributed by atoms with Gasteiger partial charge in [-0.25, -0.2) is 4.98 Å². The maximum Gasteiger partial charge on any atom is 0.416 e. The predicted octanol–water partition coefficient (Wildman–Crippen LogP) is 3.08. The van der Waals surface area contributed by atoms with Gasteiger partial charge in [0.25, 0.3) is 0 Å². The molecule has 1 N–H and O–H groups in total.